The molecule has 31 heavy (non-hydrogen) atoms. The fraction of sp³-hybridized carbons (Fsp3) is 0.417. The Hall–Kier alpha value is -2.80. The van der Waals surface area contributed by atoms with Gasteiger partial charge in [0, 0.05) is 36.3 Å². The summed E-state index contributed by atoms with van der Waals surface area (Å²) in [7, 11) is 1.93. The maximum atomic E-state index is 12.9. The SMILES string of the molecule is CC(C)CN(C)C(=O)C1CCc2c(sc3ncnc(Nc4ccc5c(c4)C=NC5)c23)C1. The van der Waals surface area contributed by atoms with Gasteiger partial charge in [0.2, 0.25) is 5.91 Å². The zero-order chi connectivity index (χ0) is 21.5. The lowest BCUT2D eigenvalue weighted by Crippen LogP contribution is -2.37. The maximum Gasteiger partial charge on any atom is 0.225 e. The van der Waals surface area contributed by atoms with Crippen LogP contribution in [0.15, 0.2) is 29.5 Å². The monoisotopic (exact) mass is 433 g/mol. The normalized spacial score (nSPS) is 17.1. The van der Waals surface area contributed by atoms with Crippen molar-refractivity contribution in [3.05, 3.63) is 46.1 Å². The van der Waals surface area contributed by atoms with Crippen molar-refractivity contribution in [1.82, 2.24) is 14.9 Å². The van der Waals surface area contributed by atoms with Crippen LogP contribution in [0.5, 0.6) is 0 Å². The van der Waals surface area contributed by atoms with Gasteiger partial charge in [-0.1, -0.05) is 19.9 Å². The summed E-state index contributed by atoms with van der Waals surface area (Å²) in [5.41, 5.74) is 4.73. The molecule has 1 amide bonds. The molecule has 7 heteroatoms. The van der Waals surface area contributed by atoms with Crippen LogP contribution in [0.4, 0.5) is 11.5 Å². The summed E-state index contributed by atoms with van der Waals surface area (Å²) in [6.07, 6.45) is 6.12. The predicted octanol–water partition coefficient (Wildman–Crippen LogP) is 4.59. The molecule has 160 valence electrons. The van der Waals surface area contributed by atoms with E-state index in [1.807, 2.05) is 18.2 Å². The molecular weight excluding hydrogens is 406 g/mol. The van der Waals surface area contributed by atoms with Crippen LogP contribution < -0.4 is 5.32 Å². The van der Waals surface area contributed by atoms with Gasteiger partial charge in [0.05, 0.1) is 11.9 Å². The predicted molar refractivity (Wildman–Crippen MR) is 126 cm³/mol. The third kappa shape index (κ3) is 3.82. The molecule has 1 aromatic carbocycles. The van der Waals surface area contributed by atoms with Crippen molar-refractivity contribution >= 4 is 45.2 Å². The van der Waals surface area contributed by atoms with Gasteiger partial charge in [0.15, 0.2) is 0 Å². The first-order valence-electron chi connectivity index (χ1n) is 10.9. The van der Waals surface area contributed by atoms with Crippen molar-refractivity contribution in [2.75, 3.05) is 18.9 Å². The number of carbonyl (C=O) groups is 1. The first-order chi connectivity index (χ1) is 15.0. The lowest BCUT2D eigenvalue weighted by molar-refractivity contribution is -0.135. The first kappa shape index (κ1) is 20.1. The highest BCUT2D eigenvalue weighted by molar-refractivity contribution is 7.19. The van der Waals surface area contributed by atoms with E-state index in [1.165, 1.54) is 16.0 Å². The van der Waals surface area contributed by atoms with Gasteiger partial charge < -0.3 is 10.2 Å². The zero-order valence-corrected chi connectivity index (χ0v) is 19.0. The highest BCUT2D eigenvalue weighted by Crippen LogP contribution is 2.40. The van der Waals surface area contributed by atoms with E-state index in [4.69, 9.17) is 0 Å². The number of aryl methyl sites for hydroxylation is 1. The number of carbonyl (C=O) groups excluding carboxylic acids is 1. The van der Waals surface area contributed by atoms with E-state index < -0.39 is 0 Å². The van der Waals surface area contributed by atoms with Crippen molar-refractivity contribution in [3.8, 4) is 0 Å². The Morgan fingerprint density at radius 1 is 1.32 bits per heavy atom. The summed E-state index contributed by atoms with van der Waals surface area (Å²) in [6, 6.07) is 6.33. The number of aliphatic imine (C=N–C) groups is 1. The minimum Gasteiger partial charge on any atom is -0.345 e. The van der Waals surface area contributed by atoms with Crippen LogP contribution in [0.25, 0.3) is 10.2 Å². The fourth-order valence-corrected chi connectivity index (χ4v) is 5.95. The molecule has 3 aromatic rings. The number of aromatic nitrogens is 2. The van der Waals surface area contributed by atoms with Crippen LogP contribution in [0.3, 0.4) is 0 Å². The molecule has 3 heterocycles. The third-order valence-corrected chi connectivity index (χ3v) is 7.27. The van der Waals surface area contributed by atoms with Crippen molar-refractivity contribution in [2.45, 2.75) is 39.7 Å². The van der Waals surface area contributed by atoms with Crippen molar-refractivity contribution in [3.63, 3.8) is 0 Å². The Bertz CT molecular complexity index is 1180. The van der Waals surface area contributed by atoms with Gasteiger partial charge >= 0.3 is 0 Å². The van der Waals surface area contributed by atoms with Gasteiger partial charge in [-0.2, -0.15) is 0 Å². The summed E-state index contributed by atoms with van der Waals surface area (Å²) in [6.45, 7) is 5.86. The van der Waals surface area contributed by atoms with Gasteiger partial charge in [0.1, 0.15) is 17.0 Å². The van der Waals surface area contributed by atoms with Gasteiger partial charge in [-0.05, 0) is 54.0 Å². The Balaban J connectivity index is 1.42. The topological polar surface area (TPSA) is 70.5 Å². The summed E-state index contributed by atoms with van der Waals surface area (Å²) in [4.78, 5) is 30.6. The smallest absolute Gasteiger partial charge is 0.225 e. The molecule has 0 spiro atoms. The van der Waals surface area contributed by atoms with Crippen molar-refractivity contribution < 1.29 is 4.79 Å². The van der Waals surface area contributed by atoms with Crippen LogP contribution in [0.2, 0.25) is 0 Å². The van der Waals surface area contributed by atoms with Gasteiger partial charge in [0.25, 0.3) is 0 Å². The minimum absolute atomic E-state index is 0.0599. The first-order valence-corrected chi connectivity index (χ1v) is 11.7. The van der Waals surface area contributed by atoms with E-state index >= 15 is 0 Å². The Kier molecular flexibility index (Phi) is 5.22. The van der Waals surface area contributed by atoms with E-state index in [0.29, 0.717) is 5.92 Å². The highest BCUT2D eigenvalue weighted by Gasteiger charge is 2.30. The van der Waals surface area contributed by atoms with E-state index in [2.05, 4.69) is 52.3 Å². The molecule has 2 aliphatic rings. The number of fused-ring (bicyclic) bond motifs is 4. The van der Waals surface area contributed by atoms with Crippen molar-refractivity contribution in [1.29, 1.82) is 0 Å². The quantitative estimate of drug-likeness (QED) is 0.639. The Morgan fingerprint density at radius 2 is 2.19 bits per heavy atom. The largest absolute Gasteiger partial charge is 0.345 e. The van der Waals surface area contributed by atoms with Gasteiger partial charge in [-0.25, -0.2) is 9.97 Å². The molecule has 1 aliphatic carbocycles. The molecule has 0 fully saturated rings. The van der Waals surface area contributed by atoms with Crippen LogP contribution >= 0.6 is 11.3 Å². The van der Waals surface area contributed by atoms with E-state index in [1.54, 1.807) is 17.7 Å². The van der Waals surface area contributed by atoms with Crippen molar-refractivity contribution in [2.24, 2.45) is 16.8 Å². The number of benzene rings is 1. The lowest BCUT2D eigenvalue weighted by Gasteiger charge is -2.27. The zero-order valence-electron chi connectivity index (χ0n) is 18.2. The number of anilines is 2. The number of hydrogen-bond acceptors (Lipinski definition) is 6. The number of amides is 1. The van der Waals surface area contributed by atoms with E-state index in [9.17, 15) is 4.79 Å². The van der Waals surface area contributed by atoms with E-state index in [0.717, 1.165) is 59.6 Å². The minimum atomic E-state index is 0.0599. The number of nitrogens with zero attached hydrogens (tertiary/aromatic N) is 4. The molecular formula is C24H27N5OS. The summed E-state index contributed by atoms with van der Waals surface area (Å²) < 4.78 is 0. The third-order valence-electron chi connectivity index (χ3n) is 6.11. The Morgan fingerprint density at radius 3 is 3.03 bits per heavy atom. The van der Waals surface area contributed by atoms with E-state index in [-0.39, 0.29) is 11.8 Å². The lowest BCUT2D eigenvalue weighted by atomic mass is 9.87. The average molecular weight is 434 g/mol. The van der Waals surface area contributed by atoms with Crippen LogP contribution in [0, 0.1) is 11.8 Å². The fourth-order valence-electron chi connectivity index (χ4n) is 4.68. The maximum absolute atomic E-state index is 12.9. The molecule has 6 nitrogen and oxygen atoms in total. The molecule has 0 saturated carbocycles. The summed E-state index contributed by atoms with van der Waals surface area (Å²) >= 11 is 1.71. The second-order valence-corrected chi connectivity index (χ2v) is 10.1. The molecule has 5 rings (SSSR count). The standard InChI is InChI=1S/C24H27N5OS/c1-14(2)12-29(3)24(30)15-5-7-19-20(9-15)31-23-21(19)22(26-13-27-23)28-18-6-4-16-10-25-11-17(16)8-18/h4,6,8,11,13-15H,5,7,9-10,12H2,1-3H3,(H,26,27,28). The van der Waals surface area contributed by atoms with Crippen LogP contribution in [-0.2, 0) is 24.2 Å². The number of hydrogen-bond donors (Lipinski definition) is 1. The number of nitrogens with one attached hydrogen (secondary N) is 1. The second-order valence-electron chi connectivity index (χ2n) is 8.97. The molecule has 1 N–H and O–H groups in total. The highest BCUT2D eigenvalue weighted by atomic mass is 32.1. The molecule has 1 aliphatic heterocycles. The second kappa shape index (κ2) is 8.04. The Labute approximate surface area is 186 Å². The van der Waals surface area contributed by atoms with Crippen LogP contribution in [-0.4, -0.2) is 40.6 Å². The average Bonchev–Trinajstić information content (AvgIpc) is 3.36. The molecule has 0 saturated heterocycles. The van der Waals surface area contributed by atoms with Gasteiger partial charge in [-0.3, -0.25) is 9.79 Å². The molecule has 0 radical (unpaired) electrons. The molecule has 0 bridgehead atoms. The summed E-state index contributed by atoms with van der Waals surface area (Å²) in [5, 5.41) is 4.61. The molecule has 2 aromatic heterocycles. The molecule has 1 unspecified atom stereocenters. The number of thiophene rings is 1. The van der Waals surface area contributed by atoms with Crippen LogP contribution in [0.1, 0.15) is 41.8 Å². The molecule has 1 atom stereocenters. The van der Waals surface area contributed by atoms with Gasteiger partial charge in [-0.15, -0.1) is 11.3 Å². The summed E-state index contributed by atoms with van der Waals surface area (Å²) in [5.74, 6) is 1.65. The number of rotatable bonds is 5.